The Morgan fingerprint density at radius 2 is 1.55 bits per heavy atom. The molecule has 0 aliphatic heterocycles. The quantitative estimate of drug-likeness (QED) is 0.635. The smallest absolute Gasteiger partial charge is 0.0408 e. The van der Waals surface area contributed by atoms with Crippen LogP contribution in [-0.4, -0.2) is 13.1 Å². The second-order valence-corrected chi connectivity index (χ2v) is 5.62. The highest BCUT2D eigenvalue weighted by Gasteiger charge is 2.22. The van der Waals surface area contributed by atoms with Crippen LogP contribution in [0.4, 0.5) is 5.69 Å². The molecule has 1 aliphatic rings. The maximum atomic E-state index is 2.56. The van der Waals surface area contributed by atoms with Gasteiger partial charge < -0.3 is 4.90 Å². The summed E-state index contributed by atoms with van der Waals surface area (Å²) in [6.07, 6.45) is 3.50. The van der Waals surface area contributed by atoms with E-state index in [1.807, 2.05) is 0 Å². The van der Waals surface area contributed by atoms with Gasteiger partial charge in [-0.15, -0.1) is 0 Å². The Bertz CT molecular complexity index is 594. The van der Waals surface area contributed by atoms with Crippen LogP contribution in [0.15, 0.2) is 42.5 Å². The molecule has 1 nitrogen and oxygen atoms in total. The zero-order chi connectivity index (χ0) is 13.9. The molecule has 0 atom stereocenters. The molecule has 0 unspecified atom stereocenters. The molecular formula is C19H23N. The van der Waals surface area contributed by atoms with Crippen LogP contribution in [-0.2, 0) is 6.42 Å². The minimum atomic E-state index is 1.09. The monoisotopic (exact) mass is 265 g/mol. The summed E-state index contributed by atoms with van der Waals surface area (Å²) in [7, 11) is 0. The summed E-state index contributed by atoms with van der Waals surface area (Å²) < 4.78 is 0. The topological polar surface area (TPSA) is 3.24 Å². The third-order valence-electron chi connectivity index (χ3n) is 4.15. The SMILES string of the molecule is CCCN(CCC)c1cccc2c1Cc1ccccc1-2. The maximum Gasteiger partial charge on any atom is 0.0408 e. The minimum Gasteiger partial charge on any atom is -0.371 e. The van der Waals surface area contributed by atoms with Gasteiger partial charge in [0.1, 0.15) is 0 Å². The Balaban J connectivity index is 2.04. The van der Waals surface area contributed by atoms with Gasteiger partial charge in [0, 0.05) is 25.2 Å². The lowest BCUT2D eigenvalue weighted by atomic mass is 10.0. The summed E-state index contributed by atoms with van der Waals surface area (Å²) in [5.74, 6) is 0. The summed E-state index contributed by atoms with van der Waals surface area (Å²) in [6.45, 7) is 6.84. The molecule has 0 fully saturated rings. The Hall–Kier alpha value is -1.76. The Morgan fingerprint density at radius 1 is 0.850 bits per heavy atom. The molecule has 104 valence electrons. The highest BCUT2D eigenvalue weighted by atomic mass is 15.1. The molecule has 2 aromatic carbocycles. The van der Waals surface area contributed by atoms with Gasteiger partial charge in [-0.25, -0.2) is 0 Å². The molecule has 20 heavy (non-hydrogen) atoms. The van der Waals surface area contributed by atoms with E-state index < -0.39 is 0 Å². The highest BCUT2D eigenvalue weighted by molar-refractivity contribution is 5.82. The van der Waals surface area contributed by atoms with E-state index in [1.54, 1.807) is 0 Å². The molecule has 0 radical (unpaired) electrons. The van der Waals surface area contributed by atoms with Gasteiger partial charge in [-0.05, 0) is 41.2 Å². The van der Waals surface area contributed by atoms with Crippen molar-refractivity contribution < 1.29 is 0 Å². The van der Waals surface area contributed by atoms with Gasteiger partial charge in [-0.3, -0.25) is 0 Å². The largest absolute Gasteiger partial charge is 0.371 e. The number of fused-ring (bicyclic) bond motifs is 3. The standard InChI is InChI=1S/C19H23N/c1-3-12-20(13-4-2)19-11-7-10-17-16-9-6-5-8-15(16)14-18(17)19/h5-11H,3-4,12-14H2,1-2H3. The van der Waals surface area contributed by atoms with Gasteiger partial charge in [-0.1, -0.05) is 50.2 Å². The van der Waals surface area contributed by atoms with E-state index in [-0.39, 0.29) is 0 Å². The first-order valence-electron chi connectivity index (χ1n) is 7.80. The number of nitrogens with zero attached hydrogens (tertiary/aromatic N) is 1. The van der Waals surface area contributed by atoms with Crippen molar-refractivity contribution >= 4 is 5.69 Å². The van der Waals surface area contributed by atoms with Crippen molar-refractivity contribution in [1.29, 1.82) is 0 Å². The minimum absolute atomic E-state index is 1.09. The van der Waals surface area contributed by atoms with Crippen molar-refractivity contribution in [1.82, 2.24) is 0 Å². The predicted octanol–water partition coefficient (Wildman–Crippen LogP) is 4.88. The molecule has 0 heterocycles. The van der Waals surface area contributed by atoms with Gasteiger partial charge in [0.25, 0.3) is 0 Å². The number of hydrogen-bond acceptors (Lipinski definition) is 1. The number of benzene rings is 2. The second-order valence-electron chi connectivity index (χ2n) is 5.62. The summed E-state index contributed by atoms with van der Waals surface area (Å²) >= 11 is 0. The third-order valence-corrected chi connectivity index (χ3v) is 4.15. The Morgan fingerprint density at radius 3 is 2.30 bits per heavy atom. The lowest BCUT2D eigenvalue weighted by Gasteiger charge is -2.26. The normalized spacial score (nSPS) is 12.1. The zero-order valence-electron chi connectivity index (χ0n) is 12.5. The van der Waals surface area contributed by atoms with Gasteiger partial charge in [0.2, 0.25) is 0 Å². The summed E-state index contributed by atoms with van der Waals surface area (Å²) in [5.41, 5.74) is 7.31. The van der Waals surface area contributed by atoms with E-state index in [9.17, 15) is 0 Å². The van der Waals surface area contributed by atoms with Crippen LogP contribution in [0.5, 0.6) is 0 Å². The number of rotatable bonds is 5. The fourth-order valence-corrected chi connectivity index (χ4v) is 3.33. The van der Waals surface area contributed by atoms with Crippen LogP contribution in [0.2, 0.25) is 0 Å². The molecule has 0 saturated carbocycles. The van der Waals surface area contributed by atoms with Crippen molar-refractivity contribution in [3.63, 3.8) is 0 Å². The van der Waals surface area contributed by atoms with E-state index in [0.717, 1.165) is 19.5 Å². The van der Waals surface area contributed by atoms with E-state index in [4.69, 9.17) is 0 Å². The van der Waals surface area contributed by atoms with Crippen LogP contribution in [0.1, 0.15) is 37.8 Å². The van der Waals surface area contributed by atoms with Crippen LogP contribution < -0.4 is 4.90 Å². The van der Waals surface area contributed by atoms with Gasteiger partial charge in [-0.2, -0.15) is 0 Å². The first-order chi connectivity index (χ1) is 9.85. The zero-order valence-corrected chi connectivity index (χ0v) is 12.5. The van der Waals surface area contributed by atoms with Crippen LogP contribution in [0.25, 0.3) is 11.1 Å². The lowest BCUT2D eigenvalue weighted by Crippen LogP contribution is -2.25. The van der Waals surface area contributed by atoms with Crippen molar-refractivity contribution in [3.05, 3.63) is 53.6 Å². The molecule has 2 aromatic rings. The predicted molar refractivity (Wildman–Crippen MR) is 87.5 cm³/mol. The molecule has 1 aliphatic carbocycles. The molecule has 0 N–H and O–H groups in total. The molecule has 3 rings (SSSR count). The summed E-state index contributed by atoms with van der Waals surface area (Å²) in [6, 6.07) is 15.6. The van der Waals surface area contributed by atoms with E-state index in [0.29, 0.717) is 0 Å². The van der Waals surface area contributed by atoms with Crippen molar-refractivity contribution in [2.24, 2.45) is 0 Å². The Labute approximate surface area is 122 Å². The van der Waals surface area contributed by atoms with E-state index in [1.165, 1.54) is 40.8 Å². The molecule has 0 aromatic heterocycles. The summed E-state index contributed by atoms with van der Waals surface area (Å²) in [5, 5.41) is 0. The fourth-order valence-electron chi connectivity index (χ4n) is 3.33. The first-order valence-corrected chi connectivity index (χ1v) is 7.80. The highest BCUT2D eigenvalue weighted by Crippen LogP contribution is 2.41. The average Bonchev–Trinajstić information content (AvgIpc) is 2.85. The molecule has 0 saturated heterocycles. The second kappa shape index (κ2) is 5.70. The van der Waals surface area contributed by atoms with E-state index >= 15 is 0 Å². The average molecular weight is 265 g/mol. The summed E-state index contributed by atoms with van der Waals surface area (Å²) in [4.78, 5) is 2.56. The van der Waals surface area contributed by atoms with Crippen molar-refractivity contribution in [3.8, 4) is 11.1 Å². The number of hydrogen-bond donors (Lipinski definition) is 0. The maximum absolute atomic E-state index is 2.56. The molecule has 0 bridgehead atoms. The molecule has 0 spiro atoms. The third kappa shape index (κ3) is 2.22. The molecule has 0 amide bonds. The van der Waals surface area contributed by atoms with Gasteiger partial charge >= 0.3 is 0 Å². The van der Waals surface area contributed by atoms with Crippen molar-refractivity contribution in [2.75, 3.05) is 18.0 Å². The molecular weight excluding hydrogens is 242 g/mol. The van der Waals surface area contributed by atoms with Crippen LogP contribution in [0.3, 0.4) is 0 Å². The van der Waals surface area contributed by atoms with Gasteiger partial charge in [0.05, 0.1) is 0 Å². The van der Waals surface area contributed by atoms with E-state index in [2.05, 4.69) is 61.2 Å². The lowest BCUT2D eigenvalue weighted by molar-refractivity contribution is 0.742. The van der Waals surface area contributed by atoms with Crippen LogP contribution >= 0.6 is 0 Å². The van der Waals surface area contributed by atoms with Crippen LogP contribution in [0, 0.1) is 0 Å². The Kier molecular flexibility index (Phi) is 3.77. The number of anilines is 1. The first kappa shape index (κ1) is 13.2. The van der Waals surface area contributed by atoms with Gasteiger partial charge in [0.15, 0.2) is 0 Å². The molecule has 1 heteroatoms. The fraction of sp³-hybridized carbons (Fsp3) is 0.368. The van der Waals surface area contributed by atoms with Crippen molar-refractivity contribution in [2.45, 2.75) is 33.1 Å².